The lowest BCUT2D eigenvalue weighted by atomic mass is 9.87. The molecule has 2 N–H and O–H groups in total. The van der Waals surface area contributed by atoms with Crippen molar-refractivity contribution in [2.24, 2.45) is 5.92 Å². The molecule has 1 fully saturated rings. The predicted molar refractivity (Wildman–Crippen MR) is 64.6 cm³/mol. The van der Waals surface area contributed by atoms with Crippen LogP contribution in [0.15, 0.2) is 0 Å². The normalized spacial score (nSPS) is 17.0. The number of carbonyl (C=O) groups excluding carboxylic acids is 1. The summed E-state index contributed by atoms with van der Waals surface area (Å²) in [5.74, 6) is 1.52. The van der Waals surface area contributed by atoms with Crippen LogP contribution in [0.3, 0.4) is 0 Å². The zero-order valence-corrected chi connectivity index (χ0v) is 10.3. The smallest absolute Gasteiger partial charge is 0.290 e. The van der Waals surface area contributed by atoms with Crippen LogP contribution in [-0.4, -0.2) is 27.6 Å². The highest BCUT2D eigenvalue weighted by atomic mass is 16.2. The fraction of sp³-hybridized carbons (Fsp3) is 0.750. The summed E-state index contributed by atoms with van der Waals surface area (Å²) in [6.45, 7) is 2.52. The second-order valence-corrected chi connectivity index (χ2v) is 4.79. The van der Waals surface area contributed by atoms with Gasteiger partial charge in [0.2, 0.25) is 5.82 Å². The first-order valence-electron chi connectivity index (χ1n) is 6.43. The minimum Gasteiger partial charge on any atom is -0.349 e. The number of hydrogen-bond acceptors (Lipinski definition) is 3. The van der Waals surface area contributed by atoms with Crippen LogP contribution in [0.2, 0.25) is 0 Å². The molecule has 94 valence electrons. The molecular weight excluding hydrogens is 216 g/mol. The van der Waals surface area contributed by atoms with Crippen LogP contribution in [0.1, 0.15) is 55.0 Å². The molecule has 1 amide bonds. The molecule has 0 atom stereocenters. The first-order chi connectivity index (χ1) is 8.25. The Kier molecular flexibility index (Phi) is 4.12. The first kappa shape index (κ1) is 12.1. The molecule has 1 saturated carbocycles. The van der Waals surface area contributed by atoms with E-state index in [1.54, 1.807) is 6.92 Å². The highest BCUT2D eigenvalue weighted by molar-refractivity contribution is 5.90. The summed E-state index contributed by atoms with van der Waals surface area (Å²) in [5, 5.41) is 9.38. The molecule has 0 saturated heterocycles. The molecule has 0 radical (unpaired) electrons. The van der Waals surface area contributed by atoms with Gasteiger partial charge in [-0.25, -0.2) is 4.98 Å². The van der Waals surface area contributed by atoms with E-state index in [1.807, 2.05) is 0 Å². The molecule has 5 nitrogen and oxygen atoms in total. The second-order valence-electron chi connectivity index (χ2n) is 4.79. The Morgan fingerprint density at radius 2 is 2.18 bits per heavy atom. The van der Waals surface area contributed by atoms with Crippen LogP contribution < -0.4 is 5.32 Å². The molecule has 0 aliphatic heterocycles. The number of aromatic nitrogens is 3. The molecule has 0 spiro atoms. The van der Waals surface area contributed by atoms with Crippen LogP contribution >= 0.6 is 0 Å². The summed E-state index contributed by atoms with van der Waals surface area (Å²) in [6, 6.07) is 0. The van der Waals surface area contributed by atoms with Gasteiger partial charge in [-0.2, -0.15) is 0 Å². The van der Waals surface area contributed by atoms with Gasteiger partial charge in [0, 0.05) is 6.54 Å². The van der Waals surface area contributed by atoms with Crippen molar-refractivity contribution in [3.8, 4) is 0 Å². The summed E-state index contributed by atoms with van der Waals surface area (Å²) in [7, 11) is 0. The SMILES string of the molecule is Cc1nc(C(=O)NCCC2CCCCC2)n[nH]1. The molecule has 2 rings (SSSR count). The van der Waals surface area contributed by atoms with Gasteiger partial charge in [0.05, 0.1) is 0 Å². The molecule has 1 aliphatic rings. The van der Waals surface area contributed by atoms with Gasteiger partial charge < -0.3 is 5.32 Å². The van der Waals surface area contributed by atoms with E-state index in [0.717, 1.165) is 18.9 Å². The third-order valence-electron chi connectivity index (χ3n) is 3.36. The molecule has 17 heavy (non-hydrogen) atoms. The number of rotatable bonds is 4. The van der Waals surface area contributed by atoms with Crippen LogP contribution in [0.5, 0.6) is 0 Å². The van der Waals surface area contributed by atoms with E-state index in [-0.39, 0.29) is 11.7 Å². The van der Waals surface area contributed by atoms with Crippen LogP contribution in [0.25, 0.3) is 0 Å². The lowest BCUT2D eigenvalue weighted by Gasteiger charge is -2.21. The Hall–Kier alpha value is -1.39. The largest absolute Gasteiger partial charge is 0.349 e. The van der Waals surface area contributed by atoms with E-state index in [4.69, 9.17) is 0 Å². The lowest BCUT2D eigenvalue weighted by Crippen LogP contribution is -2.27. The maximum absolute atomic E-state index is 11.6. The van der Waals surface area contributed by atoms with Crippen molar-refractivity contribution < 1.29 is 4.79 Å². The van der Waals surface area contributed by atoms with Crippen molar-refractivity contribution in [2.45, 2.75) is 45.4 Å². The van der Waals surface area contributed by atoms with E-state index in [2.05, 4.69) is 20.5 Å². The Balaban J connectivity index is 1.69. The molecule has 1 aliphatic carbocycles. The number of carbonyl (C=O) groups is 1. The fourth-order valence-electron chi connectivity index (χ4n) is 2.39. The number of nitrogens with zero attached hydrogens (tertiary/aromatic N) is 2. The van der Waals surface area contributed by atoms with E-state index in [9.17, 15) is 4.79 Å². The molecule has 1 aromatic rings. The van der Waals surface area contributed by atoms with Gasteiger partial charge in [0.25, 0.3) is 5.91 Å². The Morgan fingerprint density at radius 1 is 1.41 bits per heavy atom. The average Bonchev–Trinajstić information content (AvgIpc) is 2.77. The Bertz CT molecular complexity index is 368. The number of nitrogens with one attached hydrogen (secondary N) is 2. The zero-order chi connectivity index (χ0) is 12.1. The van der Waals surface area contributed by atoms with E-state index in [0.29, 0.717) is 5.82 Å². The zero-order valence-electron chi connectivity index (χ0n) is 10.3. The Labute approximate surface area is 101 Å². The van der Waals surface area contributed by atoms with Crippen molar-refractivity contribution >= 4 is 5.91 Å². The minimum absolute atomic E-state index is 0.176. The monoisotopic (exact) mass is 236 g/mol. The molecule has 5 heteroatoms. The minimum atomic E-state index is -0.176. The first-order valence-corrected chi connectivity index (χ1v) is 6.43. The second kappa shape index (κ2) is 5.80. The molecule has 1 aromatic heterocycles. The van der Waals surface area contributed by atoms with Crippen molar-refractivity contribution in [1.29, 1.82) is 0 Å². The van der Waals surface area contributed by atoms with Gasteiger partial charge in [-0.05, 0) is 19.3 Å². The van der Waals surface area contributed by atoms with Crippen molar-refractivity contribution in [3.63, 3.8) is 0 Å². The average molecular weight is 236 g/mol. The highest BCUT2D eigenvalue weighted by Gasteiger charge is 2.14. The number of amides is 1. The molecule has 0 aromatic carbocycles. The molecule has 0 bridgehead atoms. The van der Waals surface area contributed by atoms with Crippen molar-refractivity contribution in [1.82, 2.24) is 20.5 Å². The summed E-state index contributed by atoms with van der Waals surface area (Å²) in [6.07, 6.45) is 7.77. The van der Waals surface area contributed by atoms with Gasteiger partial charge >= 0.3 is 0 Å². The fourth-order valence-corrected chi connectivity index (χ4v) is 2.39. The summed E-state index contributed by atoms with van der Waals surface area (Å²) in [5.41, 5.74) is 0. The third kappa shape index (κ3) is 3.54. The van der Waals surface area contributed by atoms with E-state index in [1.165, 1.54) is 32.1 Å². The van der Waals surface area contributed by atoms with E-state index < -0.39 is 0 Å². The number of H-pyrrole nitrogens is 1. The topological polar surface area (TPSA) is 70.7 Å². The Morgan fingerprint density at radius 3 is 2.82 bits per heavy atom. The standard InChI is InChI=1S/C12H20N4O/c1-9-14-11(16-15-9)12(17)13-8-7-10-5-3-2-4-6-10/h10H,2-8H2,1H3,(H,13,17)(H,14,15,16). The molecule has 0 unspecified atom stereocenters. The van der Waals surface area contributed by atoms with Gasteiger partial charge in [-0.15, -0.1) is 5.10 Å². The lowest BCUT2D eigenvalue weighted by molar-refractivity contribution is 0.0940. The predicted octanol–water partition coefficient (Wildman–Crippen LogP) is 1.81. The van der Waals surface area contributed by atoms with Gasteiger partial charge in [0.15, 0.2) is 0 Å². The van der Waals surface area contributed by atoms with Crippen LogP contribution in [0.4, 0.5) is 0 Å². The van der Waals surface area contributed by atoms with Crippen molar-refractivity contribution in [2.75, 3.05) is 6.54 Å². The number of aryl methyl sites for hydroxylation is 1. The highest BCUT2D eigenvalue weighted by Crippen LogP contribution is 2.25. The quantitative estimate of drug-likeness (QED) is 0.837. The number of hydrogen-bond donors (Lipinski definition) is 2. The number of aromatic amines is 1. The van der Waals surface area contributed by atoms with Gasteiger partial charge in [0.1, 0.15) is 5.82 Å². The van der Waals surface area contributed by atoms with Crippen LogP contribution in [0, 0.1) is 12.8 Å². The van der Waals surface area contributed by atoms with Gasteiger partial charge in [-0.3, -0.25) is 9.89 Å². The van der Waals surface area contributed by atoms with Gasteiger partial charge in [-0.1, -0.05) is 32.1 Å². The van der Waals surface area contributed by atoms with E-state index >= 15 is 0 Å². The summed E-state index contributed by atoms with van der Waals surface area (Å²) < 4.78 is 0. The molecular formula is C12H20N4O. The third-order valence-corrected chi connectivity index (χ3v) is 3.36. The van der Waals surface area contributed by atoms with Crippen LogP contribution in [-0.2, 0) is 0 Å². The molecule has 1 heterocycles. The summed E-state index contributed by atoms with van der Waals surface area (Å²) in [4.78, 5) is 15.6. The maximum atomic E-state index is 11.6. The summed E-state index contributed by atoms with van der Waals surface area (Å²) >= 11 is 0. The van der Waals surface area contributed by atoms with Crippen molar-refractivity contribution in [3.05, 3.63) is 11.6 Å². The maximum Gasteiger partial charge on any atom is 0.290 e.